The molecule has 0 fully saturated rings. The first-order valence-corrected chi connectivity index (χ1v) is 7.75. The lowest BCUT2D eigenvalue weighted by Gasteiger charge is -2.17. The molecule has 3 aromatic rings. The molecular weight excluding hydrogens is 316 g/mol. The van der Waals surface area contributed by atoms with Crippen LogP contribution in [0.4, 0.5) is 17.3 Å². The largest absolute Gasteiger partial charge is 0.497 e. The maximum Gasteiger partial charge on any atom is 0.256 e. The quantitative estimate of drug-likeness (QED) is 0.773. The molecule has 3 rings (SSSR count). The molecule has 25 heavy (non-hydrogen) atoms. The van der Waals surface area contributed by atoms with Gasteiger partial charge in [-0.05, 0) is 48.5 Å². The van der Waals surface area contributed by atoms with Crippen LogP contribution >= 0.6 is 0 Å². The van der Waals surface area contributed by atoms with E-state index in [2.05, 4.69) is 15.5 Å². The van der Waals surface area contributed by atoms with E-state index in [1.54, 1.807) is 37.4 Å². The number of amides is 1. The van der Waals surface area contributed by atoms with Gasteiger partial charge in [0.05, 0.1) is 7.11 Å². The standard InChI is InChI=1S/C19H18N4O2/c1-23(15-6-4-3-5-7-15)18-13-12-17(21-22-18)20-19(24)14-8-10-16(25-2)11-9-14/h3-13H,1-2H3,(H,20,21,24). The van der Waals surface area contributed by atoms with Gasteiger partial charge in [0.25, 0.3) is 5.91 Å². The smallest absolute Gasteiger partial charge is 0.256 e. The van der Waals surface area contributed by atoms with Crippen LogP contribution in [0, 0.1) is 0 Å². The number of para-hydroxylation sites is 1. The molecule has 1 N–H and O–H groups in total. The Morgan fingerprint density at radius 2 is 1.68 bits per heavy atom. The Bertz CT molecular complexity index is 834. The molecule has 126 valence electrons. The molecule has 0 atom stereocenters. The van der Waals surface area contributed by atoms with Crippen molar-refractivity contribution >= 4 is 23.2 Å². The number of rotatable bonds is 5. The van der Waals surface area contributed by atoms with Crippen LogP contribution in [0.1, 0.15) is 10.4 Å². The molecule has 0 aliphatic carbocycles. The highest BCUT2D eigenvalue weighted by atomic mass is 16.5. The fourth-order valence-electron chi connectivity index (χ4n) is 2.29. The molecule has 6 heteroatoms. The number of methoxy groups -OCH3 is 1. The van der Waals surface area contributed by atoms with Crippen LogP contribution in [-0.2, 0) is 0 Å². The third-order valence-electron chi connectivity index (χ3n) is 3.73. The average Bonchev–Trinajstić information content (AvgIpc) is 2.68. The van der Waals surface area contributed by atoms with E-state index < -0.39 is 0 Å². The van der Waals surface area contributed by atoms with E-state index in [-0.39, 0.29) is 5.91 Å². The highest BCUT2D eigenvalue weighted by Gasteiger charge is 2.09. The molecule has 0 aliphatic heterocycles. The minimum Gasteiger partial charge on any atom is -0.497 e. The van der Waals surface area contributed by atoms with Crippen LogP contribution < -0.4 is 15.0 Å². The summed E-state index contributed by atoms with van der Waals surface area (Å²) < 4.78 is 5.08. The maximum atomic E-state index is 12.2. The van der Waals surface area contributed by atoms with E-state index in [0.29, 0.717) is 22.9 Å². The van der Waals surface area contributed by atoms with Crippen LogP contribution in [0.2, 0.25) is 0 Å². The zero-order valence-corrected chi connectivity index (χ0v) is 14.0. The van der Waals surface area contributed by atoms with E-state index in [1.807, 2.05) is 48.3 Å². The van der Waals surface area contributed by atoms with Crippen molar-refractivity contribution in [3.05, 3.63) is 72.3 Å². The summed E-state index contributed by atoms with van der Waals surface area (Å²) in [7, 11) is 3.49. The van der Waals surface area contributed by atoms with Crippen molar-refractivity contribution in [2.75, 3.05) is 24.4 Å². The molecule has 0 unspecified atom stereocenters. The Morgan fingerprint density at radius 3 is 2.28 bits per heavy atom. The van der Waals surface area contributed by atoms with Crippen molar-refractivity contribution < 1.29 is 9.53 Å². The number of hydrogen-bond donors (Lipinski definition) is 1. The number of carbonyl (C=O) groups excluding carboxylic acids is 1. The fraction of sp³-hybridized carbons (Fsp3) is 0.105. The van der Waals surface area contributed by atoms with Crippen LogP contribution in [0.3, 0.4) is 0 Å². The summed E-state index contributed by atoms with van der Waals surface area (Å²) in [4.78, 5) is 14.1. The summed E-state index contributed by atoms with van der Waals surface area (Å²) >= 11 is 0. The van der Waals surface area contributed by atoms with Gasteiger partial charge in [0.1, 0.15) is 5.75 Å². The summed E-state index contributed by atoms with van der Waals surface area (Å²) in [5.41, 5.74) is 1.53. The average molecular weight is 334 g/mol. The molecule has 0 aliphatic rings. The molecular formula is C19H18N4O2. The molecule has 1 amide bonds. The van der Waals surface area contributed by atoms with Crippen LogP contribution in [0.25, 0.3) is 0 Å². The van der Waals surface area contributed by atoms with E-state index in [4.69, 9.17) is 4.74 Å². The third kappa shape index (κ3) is 3.92. The zero-order valence-electron chi connectivity index (χ0n) is 14.0. The second-order valence-corrected chi connectivity index (χ2v) is 5.35. The van der Waals surface area contributed by atoms with Gasteiger partial charge in [-0.25, -0.2) is 0 Å². The summed E-state index contributed by atoms with van der Waals surface area (Å²) in [6, 6.07) is 20.2. The summed E-state index contributed by atoms with van der Waals surface area (Å²) in [5, 5.41) is 11.0. The van der Waals surface area contributed by atoms with E-state index in [9.17, 15) is 4.79 Å². The summed E-state index contributed by atoms with van der Waals surface area (Å²) in [5.74, 6) is 1.53. The Morgan fingerprint density at radius 1 is 0.960 bits per heavy atom. The van der Waals surface area contributed by atoms with Crippen molar-refractivity contribution in [1.82, 2.24) is 10.2 Å². The van der Waals surface area contributed by atoms with Gasteiger partial charge in [0.2, 0.25) is 0 Å². The minimum atomic E-state index is -0.249. The van der Waals surface area contributed by atoms with Crippen LogP contribution in [-0.4, -0.2) is 30.3 Å². The van der Waals surface area contributed by atoms with Gasteiger partial charge in [-0.2, -0.15) is 0 Å². The Kier molecular flexibility index (Phi) is 4.89. The molecule has 1 heterocycles. The van der Waals surface area contributed by atoms with Crippen molar-refractivity contribution in [2.45, 2.75) is 0 Å². The first kappa shape index (κ1) is 16.4. The van der Waals surface area contributed by atoms with Crippen LogP contribution in [0.5, 0.6) is 5.75 Å². The lowest BCUT2D eigenvalue weighted by atomic mass is 10.2. The zero-order chi connectivity index (χ0) is 17.6. The van der Waals surface area contributed by atoms with Gasteiger partial charge in [-0.3, -0.25) is 4.79 Å². The van der Waals surface area contributed by atoms with Crippen molar-refractivity contribution in [3.63, 3.8) is 0 Å². The molecule has 0 spiro atoms. The molecule has 0 saturated heterocycles. The molecule has 0 radical (unpaired) electrons. The molecule has 0 bridgehead atoms. The van der Waals surface area contributed by atoms with Gasteiger partial charge in [0, 0.05) is 18.3 Å². The minimum absolute atomic E-state index is 0.249. The third-order valence-corrected chi connectivity index (χ3v) is 3.73. The van der Waals surface area contributed by atoms with Crippen molar-refractivity contribution in [1.29, 1.82) is 0 Å². The second kappa shape index (κ2) is 7.44. The summed E-state index contributed by atoms with van der Waals surface area (Å²) in [6.07, 6.45) is 0. The number of benzene rings is 2. The fourth-order valence-corrected chi connectivity index (χ4v) is 2.29. The van der Waals surface area contributed by atoms with Gasteiger partial charge in [0.15, 0.2) is 11.6 Å². The van der Waals surface area contributed by atoms with Gasteiger partial charge in [-0.1, -0.05) is 18.2 Å². The van der Waals surface area contributed by atoms with Gasteiger partial charge >= 0.3 is 0 Å². The topological polar surface area (TPSA) is 67.3 Å². The van der Waals surface area contributed by atoms with E-state index >= 15 is 0 Å². The number of aromatic nitrogens is 2. The highest BCUT2D eigenvalue weighted by molar-refractivity contribution is 6.03. The normalized spacial score (nSPS) is 10.2. The molecule has 6 nitrogen and oxygen atoms in total. The predicted octanol–water partition coefficient (Wildman–Crippen LogP) is 3.51. The lowest BCUT2D eigenvalue weighted by molar-refractivity contribution is 0.102. The van der Waals surface area contributed by atoms with Gasteiger partial charge < -0.3 is 15.0 Å². The molecule has 0 saturated carbocycles. The monoisotopic (exact) mass is 334 g/mol. The number of nitrogens with one attached hydrogen (secondary N) is 1. The number of nitrogens with zero attached hydrogens (tertiary/aromatic N) is 3. The second-order valence-electron chi connectivity index (χ2n) is 5.35. The maximum absolute atomic E-state index is 12.2. The van der Waals surface area contributed by atoms with E-state index in [1.165, 1.54) is 0 Å². The first-order chi connectivity index (χ1) is 12.2. The number of anilines is 3. The predicted molar refractivity (Wildman–Crippen MR) is 97.5 cm³/mol. The molecule has 1 aromatic heterocycles. The Labute approximate surface area is 146 Å². The van der Waals surface area contributed by atoms with E-state index in [0.717, 1.165) is 5.69 Å². The number of carbonyl (C=O) groups is 1. The molecule has 2 aromatic carbocycles. The summed E-state index contributed by atoms with van der Waals surface area (Å²) in [6.45, 7) is 0. The van der Waals surface area contributed by atoms with Crippen LogP contribution in [0.15, 0.2) is 66.7 Å². The Hall–Kier alpha value is -3.41. The number of hydrogen-bond acceptors (Lipinski definition) is 5. The van der Waals surface area contributed by atoms with Crippen molar-refractivity contribution in [3.8, 4) is 5.75 Å². The van der Waals surface area contributed by atoms with Crippen molar-refractivity contribution in [2.24, 2.45) is 0 Å². The first-order valence-electron chi connectivity index (χ1n) is 7.75. The lowest BCUT2D eigenvalue weighted by Crippen LogP contribution is -2.15. The van der Waals surface area contributed by atoms with Gasteiger partial charge in [-0.15, -0.1) is 10.2 Å². The Balaban J connectivity index is 1.68. The number of ether oxygens (including phenoxy) is 1. The highest BCUT2D eigenvalue weighted by Crippen LogP contribution is 2.21. The SMILES string of the molecule is COc1ccc(C(=O)Nc2ccc(N(C)c3ccccc3)nn2)cc1.